The van der Waals surface area contributed by atoms with Gasteiger partial charge in [0, 0.05) is 57.8 Å². The molecule has 5 rings (SSSR count). The van der Waals surface area contributed by atoms with Gasteiger partial charge in [-0.15, -0.1) is 0 Å². The van der Waals surface area contributed by atoms with Crippen LogP contribution in [-0.2, 0) is 6.54 Å². The number of fused-ring (bicyclic) bond motifs is 3. The van der Waals surface area contributed by atoms with Crippen LogP contribution in [0.4, 0.5) is 16.0 Å². The molecule has 8 nitrogen and oxygen atoms in total. The number of hydrogen-bond donors (Lipinski definition) is 3. The first-order valence-electron chi connectivity index (χ1n) is 12.3. The average molecular weight is 546 g/mol. The summed E-state index contributed by atoms with van der Waals surface area (Å²) in [4.78, 5) is 28.0. The van der Waals surface area contributed by atoms with Crippen LogP contribution >= 0.6 is 11.6 Å². The maximum Gasteiger partial charge on any atom is 0.254 e. The number of nitrogens with zero attached hydrogens (tertiary/aromatic N) is 4. The third-order valence-corrected chi connectivity index (χ3v) is 6.54. The van der Waals surface area contributed by atoms with Crippen LogP contribution in [0.15, 0.2) is 77.9 Å². The van der Waals surface area contributed by atoms with Gasteiger partial charge >= 0.3 is 0 Å². The lowest BCUT2D eigenvalue weighted by atomic mass is 9.95. The Bertz CT molecular complexity index is 1540. The SMILES string of the molecule is O=C(c1ccc(Nc2ncc3c(n2)-c2ccc(Cl)cc2C(c2ccccc2F)=NC3)cc1)N(CCO)CCO. The van der Waals surface area contributed by atoms with E-state index in [2.05, 4.69) is 10.3 Å². The van der Waals surface area contributed by atoms with Crippen molar-refractivity contribution in [2.24, 2.45) is 4.99 Å². The summed E-state index contributed by atoms with van der Waals surface area (Å²) in [6.45, 7) is 0.155. The van der Waals surface area contributed by atoms with E-state index in [0.29, 0.717) is 44.8 Å². The number of rotatable bonds is 8. The fourth-order valence-corrected chi connectivity index (χ4v) is 4.60. The molecule has 1 aliphatic rings. The number of hydrogen-bond acceptors (Lipinski definition) is 7. The van der Waals surface area contributed by atoms with Gasteiger partial charge in [0.1, 0.15) is 5.82 Å². The highest BCUT2D eigenvalue weighted by molar-refractivity contribution is 6.31. The Morgan fingerprint density at radius 2 is 1.72 bits per heavy atom. The standard InChI is InChI=1S/C29H25ClFN5O3/c30-20-7-10-22-24(15-20)27(23-3-1-2-4-25(23)31)32-16-19-17-33-29(35-26(19)22)34-21-8-5-18(6-9-21)28(39)36(11-13-37)12-14-38/h1-10,15,17,37-38H,11-14,16H2,(H,33,34,35). The predicted molar refractivity (Wildman–Crippen MR) is 148 cm³/mol. The molecule has 0 atom stereocenters. The summed E-state index contributed by atoms with van der Waals surface area (Å²) in [6, 6.07) is 18.6. The van der Waals surface area contributed by atoms with E-state index in [1.807, 2.05) is 6.07 Å². The van der Waals surface area contributed by atoms with Crippen molar-refractivity contribution in [2.45, 2.75) is 6.54 Å². The lowest BCUT2D eigenvalue weighted by Gasteiger charge is -2.20. The second-order valence-corrected chi connectivity index (χ2v) is 9.28. The van der Waals surface area contributed by atoms with Gasteiger partial charge in [-0.05, 0) is 48.5 Å². The molecule has 2 heterocycles. The van der Waals surface area contributed by atoms with E-state index in [0.717, 1.165) is 11.1 Å². The zero-order valence-electron chi connectivity index (χ0n) is 20.8. The highest BCUT2D eigenvalue weighted by Crippen LogP contribution is 2.34. The Balaban J connectivity index is 1.44. The molecule has 1 aromatic heterocycles. The van der Waals surface area contributed by atoms with Gasteiger partial charge in [-0.3, -0.25) is 9.79 Å². The monoisotopic (exact) mass is 545 g/mol. The van der Waals surface area contributed by atoms with Crippen LogP contribution in [0.25, 0.3) is 11.3 Å². The van der Waals surface area contributed by atoms with Crippen molar-refractivity contribution >= 4 is 34.9 Å². The number of carbonyl (C=O) groups excluding carboxylic acids is 1. The number of halogens is 2. The molecule has 39 heavy (non-hydrogen) atoms. The molecule has 4 aromatic rings. The molecule has 0 radical (unpaired) electrons. The van der Waals surface area contributed by atoms with Crippen molar-refractivity contribution in [1.82, 2.24) is 14.9 Å². The molecular weight excluding hydrogens is 521 g/mol. The number of nitrogens with one attached hydrogen (secondary N) is 1. The third kappa shape index (κ3) is 5.65. The van der Waals surface area contributed by atoms with Crippen molar-refractivity contribution in [3.8, 4) is 11.3 Å². The quantitative estimate of drug-likeness (QED) is 0.301. The Labute approximate surface area is 229 Å². The average Bonchev–Trinajstić information content (AvgIpc) is 3.09. The summed E-state index contributed by atoms with van der Waals surface area (Å²) in [6.07, 6.45) is 1.69. The van der Waals surface area contributed by atoms with Crippen LogP contribution < -0.4 is 5.32 Å². The molecule has 0 saturated heterocycles. The summed E-state index contributed by atoms with van der Waals surface area (Å²) < 4.78 is 14.7. The van der Waals surface area contributed by atoms with Gasteiger partial charge in [0.15, 0.2) is 0 Å². The highest BCUT2D eigenvalue weighted by Gasteiger charge is 2.23. The molecule has 0 bridgehead atoms. The summed E-state index contributed by atoms with van der Waals surface area (Å²) >= 11 is 6.33. The van der Waals surface area contributed by atoms with Crippen LogP contribution in [0.1, 0.15) is 27.0 Å². The van der Waals surface area contributed by atoms with E-state index >= 15 is 0 Å². The van der Waals surface area contributed by atoms with E-state index < -0.39 is 0 Å². The second kappa shape index (κ2) is 11.7. The van der Waals surface area contributed by atoms with Gasteiger partial charge < -0.3 is 20.4 Å². The highest BCUT2D eigenvalue weighted by atomic mass is 35.5. The molecule has 0 aliphatic carbocycles. The van der Waals surface area contributed by atoms with Crippen molar-refractivity contribution < 1.29 is 19.4 Å². The number of amides is 1. The number of carbonyl (C=O) groups is 1. The number of aliphatic hydroxyl groups excluding tert-OH is 2. The van der Waals surface area contributed by atoms with Crippen LogP contribution in [0.3, 0.4) is 0 Å². The summed E-state index contributed by atoms with van der Waals surface area (Å²) in [7, 11) is 0. The molecule has 0 spiro atoms. The maximum atomic E-state index is 14.7. The van der Waals surface area contributed by atoms with Gasteiger partial charge in [-0.25, -0.2) is 14.4 Å². The van der Waals surface area contributed by atoms with E-state index in [1.54, 1.807) is 60.8 Å². The van der Waals surface area contributed by atoms with Crippen LogP contribution in [0.2, 0.25) is 5.02 Å². The molecule has 0 fully saturated rings. The summed E-state index contributed by atoms with van der Waals surface area (Å²) in [5.74, 6) is -0.323. The van der Waals surface area contributed by atoms with Crippen molar-refractivity contribution in [1.29, 1.82) is 0 Å². The van der Waals surface area contributed by atoms with Gasteiger partial charge in [0.05, 0.1) is 31.2 Å². The molecule has 3 N–H and O–H groups in total. The molecule has 1 amide bonds. The Morgan fingerprint density at radius 1 is 0.974 bits per heavy atom. The van der Waals surface area contributed by atoms with Crippen molar-refractivity contribution in [3.05, 3.63) is 106 Å². The molecule has 0 saturated carbocycles. The Morgan fingerprint density at radius 3 is 2.44 bits per heavy atom. The van der Waals surface area contributed by atoms with Crippen LogP contribution in [0, 0.1) is 5.82 Å². The number of benzene rings is 3. The predicted octanol–water partition coefficient (Wildman–Crippen LogP) is 4.46. The number of aromatic nitrogens is 2. The smallest absolute Gasteiger partial charge is 0.254 e. The van der Waals surface area contributed by atoms with Crippen molar-refractivity contribution in [3.63, 3.8) is 0 Å². The Kier molecular flexibility index (Phi) is 7.92. The van der Waals surface area contributed by atoms with Gasteiger partial charge in [0.25, 0.3) is 5.91 Å². The first-order chi connectivity index (χ1) is 19.0. The molecule has 0 unspecified atom stereocenters. The molecule has 10 heteroatoms. The van der Waals surface area contributed by atoms with Gasteiger partial charge in [-0.1, -0.05) is 29.8 Å². The minimum absolute atomic E-state index is 0.136. The largest absolute Gasteiger partial charge is 0.395 e. The fourth-order valence-electron chi connectivity index (χ4n) is 4.43. The van der Waals surface area contributed by atoms with Gasteiger partial charge in [0.2, 0.25) is 5.95 Å². The topological polar surface area (TPSA) is 111 Å². The maximum absolute atomic E-state index is 14.7. The lowest BCUT2D eigenvalue weighted by Crippen LogP contribution is -2.35. The zero-order valence-corrected chi connectivity index (χ0v) is 21.6. The number of aliphatic hydroxyl groups is 2. The summed E-state index contributed by atoms with van der Waals surface area (Å²) in [5.41, 5.74) is 4.84. The first kappa shape index (κ1) is 26.4. The first-order valence-corrected chi connectivity index (χ1v) is 12.7. The summed E-state index contributed by atoms with van der Waals surface area (Å²) in [5, 5.41) is 22.1. The normalized spacial score (nSPS) is 12.2. The van der Waals surface area contributed by atoms with Gasteiger partial charge in [-0.2, -0.15) is 0 Å². The zero-order chi connectivity index (χ0) is 27.4. The lowest BCUT2D eigenvalue weighted by molar-refractivity contribution is 0.0685. The minimum Gasteiger partial charge on any atom is -0.395 e. The minimum atomic E-state index is -0.376. The Hall–Kier alpha value is -4.18. The molecule has 3 aromatic carbocycles. The second-order valence-electron chi connectivity index (χ2n) is 8.84. The van der Waals surface area contributed by atoms with E-state index in [-0.39, 0.29) is 44.6 Å². The third-order valence-electron chi connectivity index (χ3n) is 6.31. The number of aliphatic imine (C=N–C) groups is 1. The molecular formula is C29H25ClFN5O3. The van der Waals surface area contributed by atoms with Crippen LogP contribution in [0.5, 0.6) is 0 Å². The van der Waals surface area contributed by atoms with E-state index in [1.165, 1.54) is 11.0 Å². The fraction of sp³-hybridized carbons (Fsp3) is 0.172. The molecule has 1 aliphatic heterocycles. The number of anilines is 2. The molecule has 198 valence electrons. The van der Waals surface area contributed by atoms with Crippen LogP contribution in [-0.4, -0.2) is 63.0 Å². The van der Waals surface area contributed by atoms with Crippen molar-refractivity contribution in [2.75, 3.05) is 31.6 Å². The van der Waals surface area contributed by atoms with E-state index in [9.17, 15) is 19.4 Å². The van der Waals surface area contributed by atoms with E-state index in [4.69, 9.17) is 21.6 Å².